The molecule has 27 heavy (non-hydrogen) atoms. The molecule has 6 nitrogen and oxygen atoms in total. The van der Waals surface area contributed by atoms with Gasteiger partial charge >= 0.3 is 0 Å². The fourth-order valence-corrected chi connectivity index (χ4v) is 3.00. The zero-order chi connectivity index (χ0) is 19.2. The zero-order valence-corrected chi connectivity index (χ0v) is 15.9. The third kappa shape index (κ3) is 4.53. The summed E-state index contributed by atoms with van der Waals surface area (Å²) in [5.41, 5.74) is 1.75. The van der Waals surface area contributed by atoms with Crippen LogP contribution in [0.1, 0.15) is 11.3 Å². The van der Waals surface area contributed by atoms with E-state index in [1.807, 2.05) is 48.3 Å². The Morgan fingerprint density at radius 2 is 2.04 bits per heavy atom. The average molecular weight is 367 g/mol. The van der Waals surface area contributed by atoms with Crippen molar-refractivity contribution in [3.63, 3.8) is 0 Å². The molecule has 2 N–H and O–H groups in total. The van der Waals surface area contributed by atoms with Gasteiger partial charge in [0.05, 0.1) is 13.7 Å². The van der Waals surface area contributed by atoms with Crippen LogP contribution in [0, 0.1) is 0 Å². The lowest BCUT2D eigenvalue weighted by atomic mass is 10.1. The molecule has 0 fully saturated rings. The number of phenolic OH excluding ortho intramolecular Hbond substituents is 1. The smallest absolute Gasteiger partial charge is 0.193 e. The SMILES string of the molecule is CN=C(NCCc1ccc(OC)cc1O)N(C)Cc1cc2ccccc2o1. The van der Waals surface area contributed by atoms with Crippen LogP contribution in [-0.2, 0) is 13.0 Å². The second-order valence-corrected chi connectivity index (χ2v) is 6.33. The third-order valence-corrected chi connectivity index (χ3v) is 4.41. The van der Waals surface area contributed by atoms with E-state index in [2.05, 4.69) is 16.4 Å². The van der Waals surface area contributed by atoms with Gasteiger partial charge in [0.1, 0.15) is 22.8 Å². The van der Waals surface area contributed by atoms with Gasteiger partial charge < -0.3 is 24.5 Å². The summed E-state index contributed by atoms with van der Waals surface area (Å²) in [4.78, 5) is 6.33. The van der Waals surface area contributed by atoms with Crippen LogP contribution in [0.5, 0.6) is 11.5 Å². The Bertz CT molecular complexity index is 900. The predicted octanol–water partition coefficient (Wildman–Crippen LogP) is 3.40. The summed E-state index contributed by atoms with van der Waals surface area (Å²) in [7, 11) is 5.30. The number of ether oxygens (including phenoxy) is 1. The predicted molar refractivity (Wildman–Crippen MR) is 107 cm³/mol. The van der Waals surface area contributed by atoms with Crippen molar-refractivity contribution in [2.45, 2.75) is 13.0 Å². The Morgan fingerprint density at radius 3 is 2.74 bits per heavy atom. The Hall–Kier alpha value is -3.15. The first-order valence-electron chi connectivity index (χ1n) is 8.86. The largest absolute Gasteiger partial charge is 0.508 e. The van der Waals surface area contributed by atoms with E-state index in [4.69, 9.17) is 9.15 Å². The minimum absolute atomic E-state index is 0.238. The van der Waals surface area contributed by atoms with Gasteiger partial charge in [0.2, 0.25) is 0 Å². The molecule has 0 radical (unpaired) electrons. The van der Waals surface area contributed by atoms with Crippen LogP contribution in [-0.4, -0.2) is 43.7 Å². The van der Waals surface area contributed by atoms with Crippen LogP contribution in [0.15, 0.2) is 57.9 Å². The number of aliphatic imine (C=N–C) groups is 1. The quantitative estimate of drug-likeness (QED) is 0.516. The molecule has 0 saturated heterocycles. The molecule has 142 valence electrons. The number of furan rings is 1. The third-order valence-electron chi connectivity index (χ3n) is 4.41. The number of guanidine groups is 1. The van der Waals surface area contributed by atoms with E-state index in [1.54, 1.807) is 20.2 Å². The highest BCUT2D eigenvalue weighted by molar-refractivity contribution is 5.80. The van der Waals surface area contributed by atoms with Gasteiger partial charge in [0.15, 0.2) is 5.96 Å². The van der Waals surface area contributed by atoms with Crippen molar-refractivity contribution in [1.82, 2.24) is 10.2 Å². The molecule has 3 aromatic rings. The lowest BCUT2D eigenvalue weighted by Gasteiger charge is -2.21. The number of hydrogen-bond acceptors (Lipinski definition) is 4. The minimum Gasteiger partial charge on any atom is -0.508 e. The summed E-state index contributed by atoms with van der Waals surface area (Å²) in [6.45, 7) is 1.26. The second kappa shape index (κ2) is 8.49. The Labute approximate surface area is 159 Å². The number of methoxy groups -OCH3 is 1. The number of nitrogens with zero attached hydrogens (tertiary/aromatic N) is 2. The highest BCUT2D eigenvalue weighted by Crippen LogP contribution is 2.23. The number of fused-ring (bicyclic) bond motifs is 1. The Morgan fingerprint density at radius 1 is 1.22 bits per heavy atom. The zero-order valence-electron chi connectivity index (χ0n) is 15.9. The molecule has 0 amide bonds. The molecule has 3 rings (SSSR count). The van der Waals surface area contributed by atoms with E-state index in [0.29, 0.717) is 25.3 Å². The van der Waals surface area contributed by atoms with Crippen molar-refractivity contribution in [1.29, 1.82) is 0 Å². The number of aromatic hydroxyl groups is 1. The monoisotopic (exact) mass is 367 g/mol. The lowest BCUT2D eigenvalue weighted by molar-refractivity contribution is 0.406. The van der Waals surface area contributed by atoms with Crippen LogP contribution in [0.4, 0.5) is 0 Å². The maximum Gasteiger partial charge on any atom is 0.193 e. The summed E-state index contributed by atoms with van der Waals surface area (Å²) in [5.74, 6) is 2.53. The van der Waals surface area contributed by atoms with E-state index < -0.39 is 0 Å². The Balaban J connectivity index is 1.56. The van der Waals surface area contributed by atoms with E-state index in [1.165, 1.54) is 0 Å². The van der Waals surface area contributed by atoms with Crippen molar-refractivity contribution in [3.8, 4) is 11.5 Å². The van der Waals surface area contributed by atoms with Gasteiger partial charge in [-0.2, -0.15) is 0 Å². The fourth-order valence-electron chi connectivity index (χ4n) is 3.00. The highest BCUT2D eigenvalue weighted by atomic mass is 16.5. The van der Waals surface area contributed by atoms with Crippen LogP contribution >= 0.6 is 0 Å². The molecule has 0 aliphatic heterocycles. The van der Waals surface area contributed by atoms with Gasteiger partial charge in [-0.25, -0.2) is 0 Å². The lowest BCUT2D eigenvalue weighted by Crippen LogP contribution is -2.39. The topological polar surface area (TPSA) is 70.2 Å². The number of phenols is 1. The molecule has 0 bridgehead atoms. The van der Waals surface area contributed by atoms with Gasteiger partial charge in [-0.15, -0.1) is 0 Å². The molecular weight excluding hydrogens is 342 g/mol. The van der Waals surface area contributed by atoms with E-state index in [9.17, 15) is 5.11 Å². The molecule has 0 spiro atoms. The molecule has 6 heteroatoms. The minimum atomic E-state index is 0.238. The van der Waals surface area contributed by atoms with Crippen LogP contribution < -0.4 is 10.1 Å². The van der Waals surface area contributed by atoms with Crippen LogP contribution in [0.25, 0.3) is 11.0 Å². The van der Waals surface area contributed by atoms with Gasteiger partial charge in [-0.1, -0.05) is 24.3 Å². The van der Waals surface area contributed by atoms with Crippen molar-refractivity contribution in [2.75, 3.05) is 27.7 Å². The first-order valence-corrected chi connectivity index (χ1v) is 8.86. The first kappa shape index (κ1) is 18.6. The van der Waals surface area contributed by atoms with Crippen molar-refractivity contribution in [2.24, 2.45) is 4.99 Å². The van der Waals surface area contributed by atoms with Crippen LogP contribution in [0.2, 0.25) is 0 Å². The molecule has 1 aromatic heterocycles. The Kier molecular flexibility index (Phi) is 5.86. The average Bonchev–Trinajstić information content (AvgIpc) is 3.08. The van der Waals surface area contributed by atoms with E-state index in [0.717, 1.165) is 28.3 Å². The summed E-state index contributed by atoms with van der Waals surface area (Å²) in [6, 6.07) is 15.4. The highest BCUT2D eigenvalue weighted by Gasteiger charge is 2.11. The second-order valence-electron chi connectivity index (χ2n) is 6.33. The van der Waals surface area contributed by atoms with Crippen LogP contribution in [0.3, 0.4) is 0 Å². The van der Waals surface area contributed by atoms with E-state index in [-0.39, 0.29) is 5.75 Å². The normalized spacial score (nSPS) is 11.6. The summed E-state index contributed by atoms with van der Waals surface area (Å²) in [6.07, 6.45) is 0.674. The maximum absolute atomic E-state index is 10.1. The molecule has 1 heterocycles. The summed E-state index contributed by atoms with van der Waals surface area (Å²) < 4.78 is 11.0. The summed E-state index contributed by atoms with van der Waals surface area (Å²) in [5, 5.41) is 14.5. The molecule has 0 aliphatic rings. The first-order chi connectivity index (χ1) is 13.1. The molecular formula is C21H25N3O3. The van der Waals surface area contributed by atoms with Gasteiger partial charge in [0.25, 0.3) is 0 Å². The van der Waals surface area contributed by atoms with E-state index >= 15 is 0 Å². The van der Waals surface area contributed by atoms with Gasteiger partial charge in [-0.05, 0) is 30.2 Å². The molecule has 0 atom stereocenters. The molecule has 2 aromatic carbocycles. The van der Waals surface area contributed by atoms with Crippen molar-refractivity contribution in [3.05, 3.63) is 59.9 Å². The van der Waals surface area contributed by atoms with Crippen molar-refractivity contribution >= 4 is 16.9 Å². The molecule has 0 saturated carbocycles. The number of rotatable bonds is 6. The number of benzene rings is 2. The van der Waals surface area contributed by atoms with Gasteiger partial charge in [0, 0.05) is 32.1 Å². The number of hydrogen-bond donors (Lipinski definition) is 2. The fraction of sp³-hybridized carbons (Fsp3) is 0.286. The molecule has 0 aliphatic carbocycles. The van der Waals surface area contributed by atoms with Gasteiger partial charge in [-0.3, -0.25) is 4.99 Å². The standard InChI is InChI=1S/C21H25N3O3/c1-22-21(23-11-10-15-8-9-17(26-3)13-19(15)25)24(2)14-18-12-16-6-4-5-7-20(16)27-18/h4-9,12-13,25H,10-11,14H2,1-3H3,(H,22,23). The maximum atomic E-state index is 10.1. The van der Waals surface area contributed by atoms with Crippen molar-refractivity contribution < 1.29 is 14.3 Å². The molecule has 0 unspecified atom stereocenters. The number of nitrogens with one attached hydrogen (secondary N) is 1. The summed E-state index contributed by atoms with van der Waals surface area (Å²) >= 11 is 0. The number of para-hydroxylation sites is 1.